The van der Waals surface area contributed by atoms with Crippen LogP contribution < -0.4 is 0 Å². The number of ether oxygens (including phenoxy) is 1. The Kier molecular flexibility index (Phi) is 8.51. The first-order valence-corrected chi connectivity index (χ1v) is 8.89. The Balaban J connectivity index is 2.18. The fourth-order valence-corrected chi connectivity index (χ4v) is 3.15. The van der Waals surface area contributed by atoms with Crippen molar-refractivity contribution >= 4 is 11.9 Å². The van der Waals surface area contributed by atoms with Crippen LogP contribution in [-0.2, 0) is 14.3 Å². The fraction of sp³-hybridized carbons (Fsp3) is 0.889. The van der Waals surface area contributed by atoms with Gasteiger partial charge in [0.05, 0.1) is 6.61 Å². The van der Waals surface area contributed by atoms with E-state index in [2.05, 4.69) is 13.8 Å². The molecule has 4 heteroatoms. The summed E-state index contributed by atoms with van der Waals surface area (Å²) in [7, 11) is 0. The highest BCUT2D eigenvalue weighted by atomic mass is 16.5. The first-order valence-electron chi connectivity index (χ1n) is 8.89. The van der Waals surface area contributed by atoms with Gasteiger partial charge in [-0.2, -0.15) is 0 Å². The first kappa shape index (κ1) is 19.0. The van der Waals surface area contributed by atoms with Gasteiger partial charge in [-0.3, -0.25) is 9.59 Å². The molecule has 0 atom stereocenters. The predicted octanol–water partition coefficient (Wildman–Crippen LogP) is 4.56. The molecule has 0 aromatic heterocycles. The van der Waals surface area contributed by atoms with E-state index in [1.807, 2.05) is 0 Å². The Morgan fingerprint density at radius 1 is 1.00 bits per heavy atom. The van der Waals surface area contributed by atoms with Gasteiger partial charge in [-0.15, -0.1) is 0 Å². The Hall–Kier alpha value is -1.06. The number of carboxylic acid groups (broad SMARTS) is 1. The van der Waals surface area contributed by atoms with Crippen molar-refractivity contribution in [3.8, 4) is 0 Å². The molecule has 1 aliphatic carbocycles. The second-order valence-electron chi connectivity index (χ2n) is 7.03. The molecule has 0 amide bonds. The summed E-state index contributed by atoms with van der Waals surface area (Å²) in [6, 6.07) is 0. The van der Waals surface area contributed by atoms with Gasteiger partial charge in [-0.1, -0.05) is 65.2 Å². The molecule has 0 unspecified atom stereocenters. The van der Waals surface area contributed by atoms with Gasteiger partial charge in [0.25, 0.3) is 0 Å². The van der Waals surface area contributed by atoms with Gasteiger partial charge in [0.2, 0.25) is 0 Å². The van der Waals surface area contributed by atoms with E-state index in [0.29, 0.717) is 19.4 Å². The molecule has 1 N–H and O–H groups in total. The van der Waals surface area contributed by atoms with Gasteiger partial charge < -0.3 is 9.84 Å². The zero-order chi connectivity index (χ0) is 16.4. The molecule has 0 saturated heterocycles. The molecule has 0 bridgehead atoms. The van der Waals surface area contributed by atoms with Crippen LogP contribution in [0.4, 0.5) is 0 Å². The third kappa shape index (κ3) is 5.98. The van der Waals surface area contributed by atoms with E-state index in [1.54, 1.807) is 0 Å². The van der Waals surface area contributed by atoms with E-state index in [1.165, 1.54) is 19.3 Å². The summed E-state index contributed by atoms with van der Waals surface area (Å²) in [5.74, 6) is -0.756. The van der Waals surface area contributed by atoms with Gasteiger partial charge in [0.15, 0.2) is 5.41 Å². The number of hydrogen-bond acceptors (Lipinski definition) is 3. The quantitative estimate of drug-likeness (QED) is 0.365. The average Bonchev–Trinajstić information content (AvgIpc) is 2.49. The highest BCUT2D eigenvalue weighted by Crippen LogP contribution is 2.37. The van der Waals surface area contributed by atoms with E-state index in [-0.39, 0.29) is 0 Å². The number of aliphatic carboxylic acids is 1. The molecule has 0 aliphatic heterocycles. The molecule has 128 valence electrons. The highest BCUT2D eigenvalue weighted by Gasteiger charge is 2.48. The number of carbonyl (C=O) groups excluding carboxylic acids is 1. The van der Waals surface area contributed by atoms with Crippen molar-refractivity contribution in [2.24, 2.45) is 11.3 Å². The Labute approximate surface area is 134 Å². The SMILES string of the molecule is CC(C)CCCCCCCOC(=O)C1(C(=O)O)CCCCC1. The van der Waals surface area contributed by atoms with Crippen molar-refractivity contribution in [2.75, 3.05) is 6.61 Å². The molecule has 4 nitrogen and oxygen atoms in total. The van der Waals surface area contributed by atoms with E-state index < -0.39 is 17.4 Å². The van der Waals surface area contributed by atoms with Crippen LogP contribution in [0.25, 0.3) is 0 Å². The summed E-state index contributed by atoms with van der Waals surface area (Å²) in [5, 5.41) is 9.40. The topological polar surface area (TPSA) is 63.6 Å². The normalized spacial score (nSPS) is 17.4. The Bertz CT molecular complexity index is 343. The molecule has 1 fully saturated rings. The number of esters is 1. The van der Waals surface area contributed by atoms with E-state index in [0.717, 1.165) is 44.4 Å². The summed E-state index contributed by atoms with van der Waals surface area (Å²) in [4.78, 5) is 23.6. The second-order valence-corrected chi connectivity index (χ2v) is 7.03. The molecular formula is C18H32O4. The maximum absolute atomic E-state index is 12.2. The maximum Gasteiger partial charge on any atom is 0.323 e. The van der Waals surface area contributed by atoms with Crippen LogP contribution in [0.2, 0.25) is 0 Å². The number of rotatable bonds is 10. The van der Waals surface area contributed by atoms with Crippen molar-refractivity contribution in [1.82, 2.24) is 0 Å². The van der Waals surface area contributed by atoms with Gasteiger partial charge in [-0.25, -0.2) is 0 Å². The zero-order valence-corrected chi connectivity index (χ0v) is 14.2. The van der Waals surface area contributed by atoms with Crippen molar-refractivity contribution in [3.05, 3.63) is 0 Å². The number of carbonyl (C=O) groups is 2. The third-order valence-corrected chi connectivity index (χ3v) is 4.67. The largest absolute Gasteiger partial charge is 0.480 e. The zero-order valence-electron chi connectivity index (χ0n) is 14.2. The first-order chi connectivity index (χ1) is 10.5. The molecule has 22 heavy (non-hydrogen) atoms. The fourth-order valence-electron chi connectivity index (χ4n) is 3.15. The second kappa shape index (κ2) is 9.86. The molecule has 0 spiro atoms. The lowest BCUT2D eigenvalue weighted by Crippen LogP contribution is -2.42. The van der Waals surface area contributed by atoms with E-state index >= 15 is 0 Å². The summed E-state index contributed by atoms with van der Waals surface area (Å²) >= 11 is 0. The minimum absolute atomic E-state index is 0.359. The van der Waals surface area contributed by atoms with Crippen LogP contribution in [0.1, 0.15) is 84.5 Å². The average molecular weight is 312 g/mol. The minimum Gasteiger partial charge on any atom is -0.480 e. The maximum atomic E-state index is 12.2. The van der Waals surface area contributed by atoms with Crippen molar-refractivity contribution in [1.29, 1.82) is 0 Å². The van der Waals surface area contributed by atoms with Crippen LogP contribution in [0.3, 0.4) is 0 Å². The molecule has 1 aliphatic rings. The monoisotopic (exact) mass is 312 g/mol. The standard InChI is InChI=1S/C18H32O4/c1-15(2)11-7-4-3-5-10-14-22-17(21)18(16(19)20)12-8-6-9-13-18/h15H,3-14H2,1-2H3,(H,19,20). The molecular weight excluding hydrogens is 280 g/mol. The van der Waals surface area contributed by atoms with E-state index in [4.69, 9.17) is 4.74 Å². The van der Waals surface area contributed by atoms with Gasteiger partial charge in [0, 0.05) is 0 Å². The van der Waals surface area contributed by atoms with E-state index in [9.17, 15) is 14.7 Å². The predicted molar refractivity (Wildman–Crippen MR) is 86.7 cm³/mol. The minimum atomic E-state index is -1.27. The van der Waals surface area contributed by atoms with Crippen LogP contribution in [-0.4, -0.2) is 23.7 Å². The van der Waals surface area contributed by atoms with Crippen LogP contribution in [0.5, 0.6) is 0 Å². The third-order valence-electron chi connectivity index (χ3n) is 4.67. The lowest BCUT2D eigenvalue weighted by Gasteiger charge is -2.30. The number of carboxylic acids is 1. The van der Waals surface area contributed by atoms with Crippen molar-refractivity contribution in [3.63, 3.8) is 0 Å². The van der Waals surface area contributed by atoms with Crippen LogP contribution in [0, 0.1) is 11.3 Å². The summed E-state index contributed by atoms with van der Waals surface area (Å²) in [6.45, 7) is 4.84. The van der Waals surface area contributed by atoms with Gasteiger partial charge in [-0.05, 0) is 25.2 Å². The summed E-state index contributed by atoms with van der Waals surface area (Å²) < 4.78 is 5.27. The molecule has 0 radical (unpaired) electrons. The van der Waals surface area contributed by atoms with Crippen LogP contribution >= 0.6 is 0 Å². The summed E-state index contributed by atoms with van der Waals surface area (Å²) in [6.07, 6.45) is 10.3. The van der Waals surface area contributed by atoms with Crippen molar-refractivity contribution in [2.45, 2.75) is 84.5 Å². The molecule has 0 aromatic carbocycles. The smallest absolute Gasteiger partial charge is 0.323 e. The lowest BCUT2D eigenvalue weighted by molar-refractivity contribution is -0.171. The molecule has 0 aromatic rings. The number of hydrogen-bond donors (Lipinski definition) is 1. The molecule has 0 heterocycles. The Morgan fingerprint density at radius 3 is 2.18 bits per heavy atom. The highest BCUT2D eigenvalue weighted by molar-refractivity contribution is 5.99. The summed E-state index contributed by atoms with van der Waals surface area (Å²) in [5.41, 5.74) is -1.27. The number of unbranched alkanes of at least 4 members (excludes halogenated alkanes) is 4. The Morgan fingerprint density at radius 2 is 1.59 bits per heavy atom. The van der Waals surface area contributed by atoms with Gasteiger partial charge >= 0.3 is 11.9 Å². The molecule has 1 saturated carbocycles. The van der Waals surface area contributed by atoms with Crippen LogP contribution in [0.15, 0.2) is 0 Å². The van der Waals surface area contributed by atoms with Crippen molar-refractivity contribution < 1.29 is 19.4 Å². The molecule has 1 rings (SSSR count). The van der Waals surface area contributed by atoms with Gasteiger partial charge in [0.1, 0.15) is 0 Å². The lowest BCUT2D eigenvalue weighted by atomic mass is 9.74.